The summed E-state index contributed by atoms with van der Waals surface area (Å²) in [6, 6.07) is 4.51. The van der Waals surface area contributed by atoms with Crippen LogP contribution in [-0.4, -0.2) is 65.6 Å². The van der Waals surface area contributed by atoms with Crippen LogP contribution in [0.4, 0.5) is 0 Å². The number of hydrogen-bond donors (Lipinski definition) is 2. The zero-order valence-corrected chi connectivity index (χ0v) is 18.7. The predicted molar refractivity (Wildman–Crippen MR) is 110 cm³/mol. The van der Waals surface area contributed by atoms with Gasteiger partial charge in [-0.15, -0.1) is 0 Å². The zero-order valence-electron chi connectivity index (χ0n) is 17.1. The summed E-state index contributed by atoms with van der Waals surface area (Å²) in [7, 11) is -5.78. The van der Waals surface area contributed by atoms with E-state index in [9.17, 15) is 21.6 Å². The number of amides is 1. The van der Waals surface area contributed by atoms with Crippen molar-refractivity contribution >= 4 is 26.0 Å². The maximum Gasteiger partial charge on any atom is 0.241 e. The number of ether oxygens (including phenoxy) is 1. The Morgan fingerprint density at radius 2 is 1.79 bits per heavy atom. The number of nitrogens with zero attached hydrogens (tertiary/aromatic N) is 1. The topological polar surface area (TPSA) is 122 Å². The van der Waals surface area contributed by atoms with E-state index in [-0.39, 0.29) is 23.4 Å². The van der Waals surface area contributed by atoms with Gasteiger partial charge < -0.3 is 10.1 Å². The van der Waals surface area contributed by atoms with Crippen molar-refractivity contribution < 1.29 is 26.4 Å². The Hall–Kier alpha value is -1.69. The van der Waals surface area contributed by atoms with Crippen LogP contribution in [0.2, 0.25) is 0 Å². The van der Waals surface area contributed by atoms with E-state index in [1.165, 1.54) is 35.7 Å². The van der Waals surface area contributed by atoms with Crippen LogP contribution in [0.5, 0.6) is 5.75 Å². The number of carbonyl (C=O) groups is 1. The van der Waals surface area contributed by atoms with Crippen LogP contribution >= 0.6 is 0 Å². The monoisotopic (exact) mass is 447 g/mol. The Morgan fingerprint density at radius 3 is 2.31 bits per heavy atom. The summed E-state index contributed by atoms with van der Waals surface area (Å²) in [5, 5.41) is 2.80. The Bertz CT molecular complexity index is 913. The highest BCUT2D eigenvalue weighted by Crippen LogP contribution is 2.18. The fraction of sp³-hybridized carbons (Fsp3) is 0.611. The van der Waals surface area contributed by atoms with Crippen LogP contribution in [0.1, 0.15) is 26.7 Å². The quantitative estimate of drug-likeness (QED) is 0.600. The molecule has 1 fully saturated rings. The molecule has 1 amide bonds. The second-order valence-electron chi connectivity index (χ2n) is 7.49. The van der Waals surface area contributed by atoms with Gasteiger partial charge in [0.05, 0.1) is 18.3 Å². The molecule has 1 unspecified atom stereocenters. The van der Waals surface area contributed by atoms with Crippen molar-refractivity contribution in [1.29, 1.82) is 0 Å². The number of hydrogen-bond acceptors (Lipinski definition) is 6. The van der Waals surface area contributed by atoms with E-state index in [1.807, 2.05) is 0 Å². The Kier molecular flexibility index (Phi) is 7.66. The summed E-state index contributed by atoms with van der Waals surface area (Å²) >= 11 is 0. The van der Waals surface area contributed by atoms with Gasteiger partial charge in [-0.2, -0.15) is 4.72 Å². The number of carbonyl (C=O) groups excluding carboxylic acids is 1. The lowest BCUT2D eigenvalue weighted by molar-refractivity contribution is -0.124. The third-order valence-corrected chi connectivity index (χ3v) is 7.53. The molecule has 0 spiro atoms. The number of rotatable bonds is 8. The molecule has 2 N–H and O–H groups in total. The Morgan fingerprint density at radius 1 is 1.17 bits per heavy atom. The number of methoxy groups -OCH3 is 1. The normalized spacial score (nSPS) is 19.7. The molecule has 1 aliphatic heterocycles. The van der Waals surface area contributed by atoms with Crippen LogP contribution < -0.4 is 14.8 Å². The maximum atomic E-state index is 12.8. The molecule has 1 aromatic carbocycles. The fourth-order valence-electron chi connectivity index (χ4n) is 3.13. The van der Waals surface area contributed by atoms with Gasteiger partial charge in [0.1, 0.15) is 11.8 Å². The molecule has 164 valence electrons. The molecule has 29 heavy (non-hydrogen) atoms. The average Bonchev–Trinajstić information content (AvgIpc) is 2.65. The smallest absolute Gasteiger partial charge is 0.241 e. The van der Waals surface area contributed by atoms with E-state index in [0.717, 1.165) is 6.26 Å². The lowest BCUT2D eigenvalue weighted by atomic mass is 10.0. The highest BCUT2D eigenvalue weighted by atomic mass is 32.2. The molecule has 11 heteroatoms. The van der Waals surface area contributed by atoms with Gasteiger partial charge >= 0.3 is 0 Å². The summed E-state index contributed by atoms with van der Waals surface area (Å²) in [6.45, 7) is 4.08. The molecule has 0 radical (unpaired) electrons. The van der Waals surface area contributed by atoms with Crippen molar-refractivity contribution in [1.82, 2.24) is 14.3 Å². The molecule has 2 atom stereocenters. The van der Waals surface area contributed by atoms with E-state index in [4.69, 9.17) is 4.74 Å². The van der Waals surface area contributed by atoms with Gasteiger partial charge in [-0.1, -0.05) is 13.8 Å². The van der Waals surface area contributed by atoms with Crippen LogP contribution in [0, 0.1) is 5.92 Å². The van der Waals surface area contributed by atoms with E-state index in [0.29, 0.717) is 25.1 Å². The third-order valence-electron chi connectivity index (χ3n) is 4.80. The minimum absolute atomic E-state index is 0.0256. The zero-order chi connectivity index (χ0) is 21.8. The average molecular weight is 448 g/mol. The lowest BCUT2D eigenvalue weighted by Crippen LogP contribution is -2.55. The van der Waals surface area contributed by atoms with Gasteiger partial charge in [0.25, 0.3) is 0 Å². The summed E-state index contributed by atoms with van der Waals surface area (Å²) in [4.78, 5) is 12.8. The van der Waals surface area contributed by atoms with Crippen molar-refractivity contribution in [2.45, 2.75) is 43.7 Å². The van der Waals surface area contributed by atoms with E-state index < -0.39 is 32.0 Å². The summed E-state index contributed by atoms with van der Waals surface area (Å²) < 4.78 is 57.8. The number of piperidine rings is 1. The Balaban J connectivity index is 2.10. The van der Waals surface area contributed by atoms with Gasteiger partial charge in [-0.3, -0.25) is 4.79 Å². The Labute approximate surface area is 172 Å². The van der Waals surface area contributed by atoms with Crippen molar-refractivity contribution in [2.24, 2.45) is 5.92 Å². The first-order valence-corrected chi connectivity index (χ1v) is 12.7. The second kappa shape index (κ2) is 9.41. The molecule has 0 saturated carbocycles. The first-order chi connectivity index (χ1) is 13.4. The van der Waals surface area contributed by atoms with Crippen molar-refractivity contribution in [3.63, 3.8) is 0 Å². The molecular formula is C18H29N3O6S2. The van der Waals surface area contributed by atoms with Gasteiger partial charge in [0.15, 0.2) is 0 Å². The van der Waals surface area contributed by atoms with Crippen molar-refractivity contribution in [3.8, 4) is 5.75 Å². The highest BCUT2D eigenvalue weighted by molar-refractivity contribution is 7.89. The van der Waals surface area contributed by atoms with Gasteiger partial charge in [0, 0.05) is 19.1 Å². The number of nitrogens with one attached hydrogen (secondary N) is 2. The molecule has 1 saturated heterocycles. The molecule has 0 bridgehead atoms. The second-order valence-corrected chi connectivity index (χ2v) is 11.2. The summed E-state index contributed by atoms with van der Waals surface area (Å²) in [5.74, 6) is -0.259. The van der Waals surface area contributed by atoms with E-state index in [1.54, 1.807) is 13.8 Å². The minimum Gasteiger partial charge on any atom is -0.497 e. The number of benzene rings is 1. The predicted octanol–water partition coefficient (Wildman–Crippen LogP) is 0.538. The minimum atomic E-state index is -3.92. The standard InChI is InChI=1S/C18H29N3O6S2/c1-13(2)17(20-29(25,26)16-9-7-15(27-3)8-10-16)18(22)19-14-6-5-11-21(12-14)28(4,23)24/h7-10,13-14,17,20H,5-6,11-12H2,1-4H3,(H,19,22)/t14?,17-/m0/s1. The molecule has 9 nitrogen and oxygen atoms in total. The lowest BCUT2D eigenvalue weighted by Gasteiger charge is -2.32. The largest absolute Gasteiger partial charge is 0.497 e. The molecular weight excluding hydrogens is 418 g/mol. The molecule has 2 rings (SSSR count). The molecule has 1 aromatic rings. The molecule has 1 aliphatic rings. The third kappa shape index (κ3) is 6.39. The van der Waals surface area contributed by atoms with Gasteiger partial charge in [-0.25, -0.2) is 21.1 Å². The maximum absolute atomic E-state index is 12.8. The van der Waals surface area contributed by atoms with Crippen molar-refractivity contribution in [3.05, 3.63) is 24.3 Å². The summed E-state index contributed by atoms with van der Waals surface area (Å²) in [5.41, 5.74) is 0. The van der Waals surface area contributed by atoms with Crippen LogP contribution in [0.25, 0.3) is 0 Å². The van der Waals surface area contributed by atoms with Crippen molar-refractivity contribution in [2.75, 3.05) is 26.5 Å². The van der Waals surface area contributed by atoms with Crippen LogP contribution in [-0.2, 0) is 24.8 Å². The highest BCUT2D eigenvalue weighted by Gasteiger charge is 2.32. The van der Waals surface area contributed by atoms with E-state index >= 15 is 0 Å². The molecule has 0 aromatic heterocycles. The fourth-order valence-corrected chi connectivity index (χ4v) is 5.39. The van der Waals surface area contributed by atoms with Gasteiger partial charge in [0.2, 0.25) is 26.0 Å². The van der Waals surface area contributed by atoms with Crippen LogP contribution in [0.3, 0.4) is 0 Å². The molecule has 0 aliphatic carbocycles. The first kappa shape index (κ1) is 23.6. The van der Waals surface area contributed by atoms with Crippen LogP contribution in [0.15, 0.2) is 29.2 Å². The van der Waals surface area contributed by atoms with E-state index in [2.05, 4.69) is 10.0 Å². The SMILES string of the molecule is COc1ccc(S(=O)(=O)N[C@H](C(=O)NC2CCCN(S(C)(=O)=O)C2)C(C)C)cc1. The first-order valence-electron chi connectivity index (χ1n) is 9.36. The molecule has 1 heterocycles. The number of sulfonamides is 2. The summed E-state index contributed by atoms with van der Waals surface area (Å²) in [6.07, 6.45) is 2.40. The van der Waals surface area contributed by atoms with Gasteiger partial charge in [-0.05, 0) is 43.0 Å².